The molecule has 28 heavy (non-hydrogen) atoms. The zero-order valence-corrected chi connectivity index (χ0v) is 16.3. The molecule has 3 aromatic rings. The van der Waals surface area contributed by atoms with E-state index in [0.29, 0.717) is 17.0 Å². The number of thioether (sulfide) groups is 1. The van der Waals surface area contributed by atoms with Crippen molar-refractivity contribution >= 4 is 17.7 Å². The molecule has 1 fully saturated rings. The molecule has 0 saturated heterocycles. The van der Waals surface area contributed by atoms with Crippen LogP contribution in [-0.2, 0) is 4.79 Å². The van der Waals surface area contributed by atoms with Crippen molar-refractivity contribution in [2.75, 3.05) is 12.9 Å². The van der Waals surface area contributed by atoms with Crippen LogP contribution in [0.5, 0.6) is 5.75 Å². The van der Waals surface area contributed by atoms with Crippen molar-refractivity contribution in [2.45, 2.75) is 30.0 Å². The quantitative estimate of drug-likeness (QED) is 0.582. The highest BCUT2D eigenvalue weighted by Crippen LogP contribution is 2.39. The van der Waals surface area contributed by atoms with Crippen LogP contribution in [0.1, 0.15) is 41.8 Å². The lowest BCUT2D eigenvalue weighted by Crippen LogP contribution is -2.30. The molecule has 144 valence electrons. The first-order chi connectivity index (χ1) is 13.7. The number of rotatable bonds is 8. The Kier molecular flexibility index (Phi) is 5.62. The average molecular weight is 395 g/mol. The SMILES string of the molecule is COc1ccc([C@H](NC(=O)CSc2nnc(C3CC3)o2)c2ccccc2)cc1. The van der Waals surface area contributed by atoms with Crippen LogP contribution in [0.3, 0.4) is 0 Å². The van der Waals surface area contributed by atoms with Gasteiger partial charge in [-0.15, -0.1) is 10.2 Å². The van der Waals surface area contributed by atoms with Crippen molar-refractivity contribution < 1.29 is 13.9 Å². The summed E-state index contributed by atoms with van der Waals surface area (Å²) in [5, 5.41) is 11.6. The van der Waals surface area contributed by atoms with Gasteiger partial charge in [-0.1, -0.05) is 54.2 Å². The summed E-state index contributed by atoms with van der Waals surface area (Å²) in [5.41, 5.74) is 2.00. The lowest BCUT2D eigenvalue weighted by molar-refractivity contribution is -0.119. The molecule has 1 N–H and O–H groups in total. The second-order valence-corrected chi connectivity index (χ2v) is 7.58. The number of nitrogens with zero attached hydrogens (tertiary/aromatic N) is 2. The molecule has 1 amide bonds. The van der Waals surface area contributed by atoms with E-state index in [1.807, 2.05) is 54.6 Å². The molecular formula is C21H21N3O3S. The first-order valence-corrected chi connectivity index (χ1v) is 10.2. The highest BCUT2D eigenvalue weighted by atomic mass is 32.2. The van der Waals surface area contributed by atoms with Gasteiger partial charge in [-0.2, -0.15) is 0 Å². The van der Waals surface area contributed by atoms with Gasteiger partial charge in [-0.05, 0) is 36.1 Å². The van der Waals surface area contributed by atoms with Crippen LogP contribution in [0.15, 0.2) is 64.2 Å². The number of aromatic nitrogens is 2. The minimum absolute atomic E-state index is 0.0964. The van der Waals surface area contributed by atoms with Crippen LogP contribution < -0.4 is 10.1 Å². The molecule has 0 aliphatic heterocycles. The van der Waals surface area contributed by atoms with Gasteiger partial charge in [0.1, 0.15) is 5.75 Å². The maximum atomic E-state index is 12.6. The Morgan fingerprint density at radius 1 is 1.14 bits per heavy atom. The lowest BCUT2D eigenvalue weighted by Gasteiger charge is -2.20. The maximum Gasteiger partial charge on any atom is 0.277 e. The summed E-state index contributed by atoms with van der Waals surface area (Å²) < 4.78 is 10.8. The molecule has 1 aromatic heterocycles. The molecule has 1 aliphatic carbocycles. The molecule has 1 atom stereocenters. The monoisotopic (exact) mass is 395 g/mol. The maximum absolute atomic E-state index is 12.6. The normalized spacial score (nSPS) is 14.5. The van der Waals surface area contributed by atoms with Crippen LogP contribution in [-0.4, -0.2) is 29.0 Å². The minimum Gasteiger partial charge on any atom is -0.497 e. The number of hydrogen-bond acceptors (Lipinski definition) is 6. The first-order valence-electron chi connectivity index (χ1n) is 9.17. The van der Waals surface area contributed by atoms with Gasteiger partial charge in [0, 0.05) is 5.92 Å². The summed E-state index contributed by atoms with van der Waals surface area (Å²) in [7, 11) is 1.63. The van der Waals surface area contributed by atoms with Gasteiger partial charge in [0.15, 0.2) is 0 Å². The molecule has 6 nitrogen and oxygen atoms in total. The molecule has 2 aromatic carbocycles. The Balaban J connectivity index is 1.44. The molecule has 0 radical (unpaired) electrons. The molecule has 4 rings (SSSR count). The number of carbonyl (C=O) groups is 1. The highest BCUT2D eigenvalue weighted by Gasteiger charge is 2.29. The number of benzene rings is 2. The summed E-state index contributed by atoms with van der Waals surface area (Å²) in [6.45, 7) is 0. The van der Waals surface area contributed by atoms with Gasteiger partial charge in [0.2, 0.25) is 11.8 Å². The van der Waals surface area contributed by atoms with Crippen LogP contribution in [0.2, 0.25) is 0 Å². The molecular weight excluding hydrogens is 374 g/mol. The Morgan fingerprint density at radius 2 is 1.86 bits per heavy atom. The van der Waals surface area contributed by atoms with E-state index in [9.17, 15) is 4.79 Å². The fourth-order valence-electron chi connectivity index (χ4n) is 2.90. The summed E-state index contributed by atoms with van der Waals surface area (Å²) in [6, 6.07) is 17.4. The highest BCUT2D eigenvalue weighted by molar-refractivity contribution is 7.99. The van der Waals surface area contributed by atoms with Crippen LogP contribution in [0.4, 0.5) is 0 Å². The largest absolute Gasteiger partial charge is 0.497 e. The number of methoxy groups -OCH3 is 1. The topological polar surface area (TPSA) is 77.2 Å². The summed E-state index contributed by atoms with van der Waals surface area (Å²) in [6.07, 6.45) is 2.21. The van der Waals surface area contributed by atoms with Crippen molar-refractivity contribution in [3.05, 3.63) is 71.6 Å². The standard InChI is InChI=1S/C21H21N3O3S/c1-26-17-11-9-15(10-12-17)19(14-5-3-2-4-6-14)22-18(25)13-28-21-24-23-20(27-21)16-7-8-16/h2-6,9-12,16,19H,7-8,13H2,1H3,(H,22,25)/t19-/m1/s1. The molecule has 1 heterocycles. The summed E-state index contributed by atoms with van der Waals surface area (Å²) in [4.78, 5) is 12.6. The van der Waals surface area contributed by atoms with E-state index < -0.39 is 0 Å². The number of ether oxygens (including phenoxy) is 1. The van der Waals surface area contributed by atoms with Gasteiger partial charge in [-0.25, -0.2) is 0 Å². The second kappa shape index (κ2) is 8.48. The van der Waals surface area contributed by atoms with E-state index in [1.54, 1.807) is 7.11 Å². The third-order valence-corrected chi connectivity index (χ3v) is 5.38. The van der Waals surface area contributed by atoms with E-state index in [2.05, 4.69) is 15.5 Å². The Labute approximate surface area is 167 Å². The number of amides is 1. The first kappa shape index (κ1) is 18.6. The second-order valence-electron chi connectivity index (χ2n) is 6.65. The third-order valence-electron chi connectivity index (χ3n) is 4.56. The fraction of sp³-hybridized carbons (Fsp3) is 0.286. The van der Waals surface area contributed by atoms with E-state index in [0.717, 1.165) is 29.7 Å². The van der Waals surface area contributed by atoms with E-state index in [1.165, 1.54) is 11.8 Å². The predicted molar refractivity (Wildman–Crippen MR) is 106 cm³/mol. The fourth-order valence-corrected chi connectivity index (χ4v) is 3.49. The molecule has 1 saturated carbocycles. The van der Waals surface area contributed by atoms with Gasteiger partial charge in [-0.3, -0.25) is 4.79 Å². The van der Waals surface area contributed by atoms with E-state index >= 15 is 0 Å². The number of hydrogen-bond donors (Lipinski definition) is 1. The van der Waals surface area contributed by atoms with Crippen molar-refractivity contribution in [1.29, 1.82) is 0 Å². The number of nitrogens with one attached hydrogen (secondary N) is 1. The lowest BCUT2D eigenvalue weighted by atomic mass is 9.98. The predicted octanol–water partition coefficient (Wildman–Crippen LogP) is 3.95. The minimum atomic E-state index is -0.245. The van der Waals surface area contributed by atoms with Crippen molar-refractivity contribution in [3.63, 3.8) is 0 Å². The number of carbonyl (C=O) groups excluding carboxylic acids is 1. The molecule has 1 aliphatic rings. The van der Waals surface area contributed by atoms with Crippen LogP contribution in [0.25, 0.3) is 0 Å². The summed E-state index contributed by atoms with van der Waals surface area (Å²) in [5.74, 6) is 1.99. The zero-order chi connectivity index (χ0) is 19.3. The van der Waals surface area contributed by atoms with Gasteiger partial charge in [0.25, 0.3) is 5.22 Å². The van der Waals surface area contributed by atoms with E-state index in [-0.39, 0.29) is 17.7 Å². The van der Waals surface area contributed by atoms with Crippen LogP contribution in [0, 0.1) is 0 Å². The van der Waals surface area contributed by atoms with Crippen LogP contribution >= 0.6 is 11.8 Å². The van der Waals surface area contributed by atoms with Crippen molar-refractivity contribution in [1.82, 2.24) is 15.5 Å². The smallest absolute Gasteiger partial charge is 0.277 e. The molecule has 0 unspecified atom stereocenters. The van der Waals surface area contributed by atoms with Crippen molar-refractivity contribution in [2.24, 2.45) is 0 Å². The molecule has 0 spiro atoms. The molecule has 7 heteroatoms. The van der Waals surface area contributed by atoms with Gasteiger partial charge < -0.3 is 14.5 Å². The summed E-state index contributed by atoms with van der Waals surface area (Å²) >= 11 is 1.26. The van der Waals surface area contributed by atoms with Gasteiger partial charge in [0.05, 0.1) is 18.9 Å². The van der Waals surface area contributed by atoms with Crippen molar-refractivity contribution in [3.8, 4) is 5.75 Å². The Hall–Kier alpha value is -2.80. The molecule has 0 bridgehead atoms. The van der Waals surface area contributed by atoms with E-state index in [4.69, 9.17) is 9.15 Å². The third kappa shape index (κ3) is 4.54. The Bertz CT molecular complexity index is 924. The Morgan fingerprint density at radius 3 is 2.54 bits per heavy atom. The zero-order valence-electron chi connectivity index (χ0n) is 15.5. The average Bonchev–Trinajstić information content (AvgIpc) is 3.49. The van der Waals surface area contributed by atoms with Gasteiger partial charge >= 0.3 is 0 Å².